The molecule has 1 N–H and O–H groups in total. The molecule has 1 aromatic heterocycles. The maximum atomic E-state index is 11.9. The zero-order valence-electron chi connectivity index (χ0n) is 13.9. The number of benzene rings is 1. The SMILES string of the molecule is COc1cc(/C=N\NC(=O)c2ccoc2C)ccc1OC(=O)C1CC1. The van der Waals surface area contributed by atoms with Gasteiger partial charge in [0.15, 0.2) is 11.5 Å². The van der Waals surface area contributed by atoms with Crippen LogP contribution in [-0.2, 0) is 4.79 Å². The van der Waals surface area contributed by atoms with E-state index < -0.39 is 0 Å². The molecule has 2 aromatic rings. The smallest absolute Gasteiger partial charge is 0.314 e. The van der Waals surface area contributed by atoms with E-state index in [9.17, 15) is 9.59 Å². The fourth-order valence-electron chi connectivity index (χ4n) is 2.21. The van der Waals surface area contributed by atoms with E-state index in [1.807, 2.05) is 0 Å². The number of rotatable bonds is 6. The third-order valence-corrected chi connectivity index (χ3v) is 3.79. The Bertz CT molecular complexity index is 821. The number of hydrazone groups is 1. The lowest BCUT2D eigenvalue weighted by atomic mass is 10.2. The largest absolute Gasteiger partial charge is 0.493 e. The van der Waals surface area contributed by atoms with Gasteiger partial charge in [0.05, 0.1) is 31.1 Å². The summed E-state index contributed by atoms with van der Waals surface area (Å²) in [5.41, 5.74) is 3.54. The van der Waals surface area contributed by atoms with Crippen molar-refractivity contribution in [3.63, 3.8) is 0 Å². The summed E-state index contributed by atoms with van der Waals surface area (Å²) in [6.07, 6.45) is 4.67. The zero-order chi connectivity index (χ0) is 17.8. The first-order valence-electron chi connectivity index (χ1n) is 7.85. The summed E-state index contributed by atoms with van der Waals surface area (Å²) in [6.45, 7) is 1.70. The Balaban J connectivity index is 1.65. The number of amides is 1. The molecule has 25 heavy (non-hydrogen) atoms. The van der Waals surface area contributed by atoms with Gasteiger partial charge in [-0.25, -0.2) is 5.43 Å². The summed E-state index contributed by atoms with van der Waals surface area (Å²) in [4.78, 5) is 23.7. The molecule has 1 saturated carbocycles. The fourth-order valence-corrected chi connectivity index (χ4v) is 2.21. The Hall–Kier alpha value is -3.09. The van der Waals surface area contributed by atoms with Crippen LogP contribution in [0.5, 0.6) is 11.5 Å². The summed E-state index contributed by atoms with van der Waals surface area (Å²) in [5.74, 6) is 0.736. The van der Waals surface area contributed by atoms with Gasteiger partial charge in [-0.1, -0.05) is 0 Å². The molecule has 1 aliphatic rings. The van der Waals surface area contributed by atoms with Crippen LogP contribution in [0.2, 0.25) is 0 Å². The second-order valence-corrected chi connectivity index (χ2v) is 5.70. The number of hydrogen-bond donors (Lipinski definition) is 1. The molecule has 1 aliphatic carbocycles. The van der Waals surface area contributed by atoms with Gasteiger partial charge in [0.1, 0.15) is 5.76 Å². The molecule has 0 aliphatic heterocycles. The Labute approximate surface area is 144 Å². The number of ether oxygens (including phenoxy) is 2. The molecule has 7 heteroatoms. The summed E-state index contributed by atoms with van der Waals surface area (Å²) in [6, 6.07) is 6.61. The van der Waals surface area contributed by atoms with Gasteiger partial charge in [0.2, 0.25) is 0 Å². The quantitative estimate of drug-likeness (QED) is 0.377. The van der Waals surface area contributed by atoms with Gasteiger partial charge in [0, 0.05) is 0 Å². The van der Waals surface area contributed by atoms with E-state index in [1.165, 1.54) is 19.6 Å². The molecule has 3 rings (SSSR count). The van der Waals surface area contributed by atoms with E-state index in [1.54, 1.807) is 31.2 Å². The number of methoxy groups -OCH3 is 1. The van der Waals surface area contributed by atoms with Crippen LogP contribution in [0.3, 0.4) is 0 Å². The maximum absolute atomic E-state index is 11.9. The molecule has 0 saturated heterocycles. The second kappa shape index (κ2) is 7.21. The Morgan fingerprint density at radius 1 is 1.28 bits per heavy atom. The second-order valence-electron chi connectivity index (χ2n) is 5.70. The summed E-state index contributed by atoms with van der Waals surface area (Å²) < 4.78 is 15.7. The number of carbonyl (C=O) groups is 2. The molecule has 0 bridgehead atoms. The van der Waals surface area contributed by atoms with Crippen LogP contribution in [0, 0.1) is 12.8 Å². The number of furan rings is 1. The van der Waals surface area contributed by atoms with E-state index in [4.69, 9.17) is 13.9 Å². The van der Waals surface area contributed by atoms with Gasteiger partial charge < -0.3 is 13.9 Å². The van der Waals surface area contributed by atoms with Crippen molar-refractivity contribution >= 4 is 18.1 Å². The molecule has 7 nitrogen and oxygen atoms in total. The van der Waals surface area contributed by atoms with Crippen molar-refractivity contribution in [2.24, 2.45) is 11.0 Å². The van der Waals surface area contributed by atoms with Crippen molar-refractivity contribution in [3.8, 4) is 11.5 Å². The molecular weight excluding hydrogens is 324 g/mol. The van der Waals surface area contributed by atoms with Crippen molar-refractivity contribution in [2.45, 2.75) is 19.8 Å². The highest BCUT2D eigenvalue weighted by Crippen LogP contribution is 2.34. The fraction of sp³-hybridized carbons (Fsp3) is 0.278. The van der Waals surface area contributed by atoms with Gasteiger partial charge >= 0.3 is 5.97 Å². The topological polar surface area (TPSA) is 90.1 Å². The van der Waals surface area contributed by atoms with E-state index >= 15 is 0 Å². The first kappa shape index (κ1) is 16.8. The van der Waals surface area contributed by atoms with Gasteiger partial charge in [-0.3, -0.25) is 9.59 Å². The van der Waals surface area contributed by atoms with E-state index in [2.05, 4.69) is 10.5 Å². The Kier molecular flexibility index (Phi) is 4.83. The van der Waals surface area contributed by atoms with Crippen LogP contribution >= 0.6 is 0 Å². The number of nitrogens with zero attached hydrogens (tertiary/aromatic N) is 1. The lowest BCUT2D eigenvalue weighted by molar-refractivity contribution is -0.135. The molecule has 130 valence electrons. The van der Waals surface area contributed by atoms with Crippen LogP contribution in [0.1, 0.15) is 34.5 Å². The molecule has 0 spiro atoms. The summed E-state index contributed by atoms with van der Waals surface area (Å²) in [7, 11) is 1.49. The van der Waals surface area contributed by atoms with Crippen molar-refractivity contribution in [3.05, 3.63) is 47.4 Å². The van der Waals surface area contributed by atoms with E-state index in [0.717, 1.165) is 12.8 Å². The minimum absolute atomic E-state index is 0.00698. The lowest BCUT2D eigenvalue weighted by Crippen LogP contribution is -2.17. The van der Waals surface area contributed by atoms with Crippen LogP contribution in [0.15, 0.2) is 40.0 Å². The predicted molar refractivity (Wildman–Crippen MR) is 89.9 cm³/mol. The summed E-state index contributed by atoms with van der Waals surface area (Å²) in [5, 5.41) is 3.91. The third-order valence-electron chi connectivity index (χ3n) is 3.79. The average molecular weight is 342 g/mol. The first-order valence-corrected chi connectivity index (χ1v) is 7.85. The van der Waals surface area contributed by atoms with Crippen molar-refractivity contribution in [2.75, 3.05) is 7.11 Å². The van der Waals surface area contributed by atoms with Gasteiger partial charge in [-0.2, -0.15) is 5.10 Å². The van der Waals surface area contributed by atoms with Crippen LogP contribution in [0.4, 0.5) is 0 Å². The van der Waals surface area contributed by atoms with Crippen molar-refractivity contribution < 1.29 is 23.5 Å². The van der Waals surface area contributed by atoms with Crippen molar-refractivity contribution in [1.82, 2.24) is 5.43 Å². The highest BCUT2D eigenvalue weighted by atomic mass is 16.6. The Morgan fingerprint density at radius 3 is 2.72 bits per heavy atom. The molecule has 0 radical (unpaired) electrons. The van der Waals surface area contributed by atoms with Crippen LogP contribution in [0.25, 0.3) is 0 Å². The highest BCUT2D eigenvalue weighted by Gasteiger charge is 2.32. The molecule has 1 amide bonds. The molecule has 1 heterocycles. The molecule has 1 fully saturated rings. The zero-order valence-corrected chi connectivity index (χ0v) is 13.9. The van der Waals surface area contributed by atoms with Gasteiger partial charge in [-0.05, 0) is 49.6 Å². The van der Waals surface area contributed by atoms with Gasteiger partial charge in [-0.15, -0.1) is 0 Å². The number of hydrogen-bond acceptors (Lipinski definition) is 6. The number of carbonyl (C=O) groups excluding carboxylic acids is 2. The molecular formula is C18H18N2O5. The van der Waals surface area contributed by atoms with E-state index in [-0.39, 0.29) is 17.8 Å². The van der Waals surface area contributed by atoms with Crippen LogP contribution in [-0.4, -0.2) is 25.2 Å². The molecule has 1 aromatic carbocycles. The first-order chi connectivity index (χ1) is 12.1. The average Bonchev–Trinajstić information content (AvgIpc) is 3.37. The molecule has 0 unspecified atom stereocenters. The lowest BCUT2D eigenvalue weighted by Gasteiger charge is -2.09. The summed E-state index contributed by atoms with van der Waals surface area (Å²) >= 11 is 0. The predicted octanol–water partition coefficient (Wildman–Crippen LogP) is 2.68. The highest BCUT2D eigenvalue weighted by molar-refractivity contribution is 5.95. The number of aryl methyl sites for hydroxylation is 1. The van der Waals surface area contributed by atoms with Gasteiger partial charge in [0.25, 0.3) is 5.91 Å². The third kappa shape index (κ3) is 4.06. The Morgan fingerprint density at radius 2 is 2.08 bits per heavy atom. The monoisotopic (exact) mass is 342 g/mol. The standard InChI is InChI=1S/C18H18N2O5/c1-11-14(7-8-24-11)17(21)20-19-10-12-3-6-15(16(9-12)23-2)25-18(22)13-4-5-13/h3,6-10,13H,4-5H2,1-2H3,(H,20,21)/b19-10-. The number of nitrogens with one attached hydrogen (secondary N) is 1. The minimum atomic E-state index is -0.357. The number of esters is 1. The van der Waals surface area contributed by atoms with E-state index in [0.29, 0.717) is 28.4 Å². The van der Waals surface area contributed by atoms with Crippen molar-refractivity contribution in [1.29, 1.82) is 0 Å². The normalized spacial score (nSPS) is 13.7. The minimum Gasteiger partial charge on any atom is -0.493 e. The maximum Gasteiger partial charge on any atom is 0.314 e. The molecule has 0 atom stereocenters. The van der Waals surface area contributed by atoms with Crippen LogP contribution < -0.4 is 14.9 Å².